The Hall–Kier alpha value is -5.04. The minimum Gasteiger partial charge on any atom is -0.376 e. The number of anilines is 2. The van der Waals surface area contributed by atoms with Crippen molar-refractivity contribution in [3.63, 3.8) is 0 Å². The molecular formula is C74H72AlB2Cl6LiN2. The number of nitrogens with zero attached hydrogens (tertiary/aromatic N) is 1. The van der Waals surface area contributed by atoms with E-state index in [1.54, 1.807) is 0 Å². The van der Waals surface area contributed by atoms with Crippen molar-refractivity contribution >= 4 is 110 Å². The standard InChI is InChI=1S/C31H24.C30H20BN.C9H19N.C4H9.Al.BCl3.3ClH.Li/c1-4-12-24(13-5-1)27-20-21-29(31(23-27)26-16-8-3-9-17-26)22-28-18-10-11-19-30(28)25-14-6-2-7-15-25;1-2-10-21(11-3-1)22-18-19-30-26(20-22)24-13-5-8-16-28(24)31-27-15-7-4-12-23(27)25-14-6-9-17-29(25)32(30)31;1-8(2)6-5-7-9(3,4)10-8;1-3-4-2;;2-1(3)4;;;;/h1-21,23H,22H2;1-20H;10H,5-7H2,1-4H3;1,3-4H2,2H3;;;3*1H;/q;;;-1;+3;;;;;+1/p-3. The first-order chi connectivity index (χ1) is 41.1. The predicted octanol–water partition coefficient (Wildman–Crippen LogP) is 18.9. The van der Waals surface area contributed by atoms with Gasteiger partial charge in [0.1, 0.15) is 0 Å². The Bertz CT molecular complexity index is 3660. The third kappa shape index (κ3) is 18.8. The Labute approximate surface area is 557 Å². The van der Waals surface area contributed by atoms with Crippen LogP contribution in [0.4, 0.5) is 11.4 Å². The smallest absolute Gasteiger partial charge is 0.376 e. The van der Waals surface area contributed by atoms with Crippen LogP contribution in [0.3, 0.4) is 0 Å². The number of hydrogen-bond donors (Lipinski definition) is 1. The molecule has 13 rings (SSSR count). The molecule has 0 aromatic heterocycles. The van der Waals surface area contributed by atoms with Gasteiger partial charge in [-0.2, -0.15) is 40.8 Å². The van der Waals surface area contributed by atoms with E-state index in [-0.39, 0.29) is 25.7 Å². The first kappa shape index (κ1) is 68.5. The van der Waals surface area contributed by atoms with Gasteiger partial charge in [-0.1, -0.05) is 244 Å². The quantitative estimate of drug-likeness (QED) is 0.126. The maximum Gasteiger partial charge on any atom is 1.00 e. The van der Waals surface area contributed by atoms with E-state index in [1.165, 1.54) is 126 Å². The summed E-state index contributed by atoms with van der Waals surface area (Å²) in [6.45, 7) is 15.0. The second-order valence-electron chi connectivity index (χ2n) is 22.5. The Balaban J connectivity index is 0.000000182. The van der Waals surface area contributed by atoms with Gasteiger partial charge in [-0.05, 0) is 155 Å². The first-order valence-corrected chi connectivity index (χ1v) is 35.7. The number of hydrogen-bond acceptors (Lipinski definition) is 2. The molecular weight excluding hydrogens is 1190 g/mol. The van der Waals surface area contributed by atoms with Gasteiger partial charge in [0, 0.05) is 33.6 Å². The summed E-state index contributed by atoms with van der Waals surface area (Å²) in [7, 11) is 14.8. The Morgan fingerprint density at radius 1 is 0.442 bits per heavy atom. The molecule has 10 aromatic rings. The molecule has 0 unspecified atom stereocenters. The fourth-order valence-electron chi connectivity index (χ4n) is 11.7. The average molecular weight is 1260 g/mol. The number of benzene rings is 10. The number of rotatable bonds is 7. The largest absolute Gasteiger partial charge is 1.00 e. The Morgan fingerprint density at radius 2 is 0.791 bits per heavy atom. The van der Waals surface area contributed by atoms with Crippen molar-refractivity contribution in [2.24, 2.45) is 0 Å². The summed E-state index contributed by atoms with van der Waals surface area (Å²) in [6.07, 6.45) is 7.17. The zero-order chi connectivity index (χ0) is 60.3. The van der Waals surface area contributed by atoms with E-state index in [1.807, 2.05) is 0 Å². The van der Waals surface area contributed by atoms with Gasteiger partial charge in [0.2, 0.25) is 0 Å². The van der Waals surface area contributed by atoms with E-state index in [2.05, 4.69) is 306 Å². The van der Waals surface area contributed by atoms with E-state index in [9.17, 15) is 0 Å². The SMILES string of the molecule is CC1(C)CCCC(C)(C)N1.ClB(Cl)Cl.[CH2-]CCC.[Cl][Al]([Cl])[Cl].[Li+].c1ccc(-c2ccc(Cc3ccccc3-c3ccccc3)c(-c3ccccc3)c2)cc1.c1ccc(-c2ccc3c(c2)-c2ccccc2B2c4ccccc4-c4ccccc4N23)cc1. The van der Waals surface area contributed by atoms with Crippen molar-refractivity contribution in [2.45, 2.75) is 84.2 Å². The summed E-state index contributed by atoms with van der Waals surface area (Å²) in [5.41, 5.74) is 24.1. The normalized spacial score (nSPS) is 13.1. The van der Waals surface area contributed by atoms with Crippen LogP contribution < -0.4 is 39.9 Å². The summed E-state index contributed by atoms with van der Waals surface area (Å²) < 4.78 is 0. The topological polar surface area (TPSA) is 15.3 Å². The predicted molar refractivity (Wildman–Crippen MR) is 380 cm³/mol. The molecule has 3 aliphatic heterocycles. The van der Waals surface area contributed by atoms with Crippen LogP contribution in [-0.2, 0) is 6.42 Å². The molecule has 10 aromatic carbocycles. The Morgan fingerprint density at radius 3 is 1.26 bits per heavy atom. The zero-order valence-corrected chi connectivity index (χ0v) is 55.8. The monoisotopic (exact) mass is 1250 g/mol. The van der Waals surface area contributed by atoms with Gasteiger partial charge in [0.05, 0.1) is 0 Å². The summed E-state index contributed by atoms with van der Waals surface area (Å²) in [5.74, 6) is 0. The van der Waals surface area contributed by atoms with Gasteiger partial charge in [-0.15, -0.1) is 0 Å². The van der Waals surface area contributed by atoms with Crippen LogP contribution in [0.5, 0.6) is 0 Å². The molecule has 430 valence electrons. The number of halogens is 6. The van der Waals surface area contributed by atoms with Gasteiger partial charge in [0.15, 0.2) is 0 Å². The summed E-state index contributed by atoms with van der Waals surface area (Å²) in [5, 5.41) is 3.63. The van der Waals surface area contributed by atoms with E-state index in [4.69, 9.17) is 64.5 Å². The molecule has 2 nitrogen and oxygen atoms in total. The molecule has 1 fully saturated rings. The molecule has 12 heteroatoms. The van der Waals surface area contributed by atoms with Crippen LogP contribution in [0.1, 0.15) is 77.8 Å². The molecule has 1 N–H and O–H groups in total. The minimum absolute atomic E-state index is 0. The number of fused-ring (bicyclic) bond motifs is 11. The van der Waals surface area contributed by atoms with Crippen LogP contribution >= 0.6 is 64.5 Å². The average Bonchev–Trinajstić information content (AvgIpc) is 0.756. The van der Waals surface area contributed by atoms with Crippen LogP contribution in [0, 0.1) is 6.92 Å². The molecule has 0 atom stereocenters. The van der Waals surface area contributed by atoms with Crippen LogP contribution in [-0.4, -0.2) is 34.3 Å². The summed E-state index contributed by atoms with van der Waals surface area (Å²) in [4.78, 5) is 1.80. The number of para-hydroxylation sites is 1. The van der Waals surface area contributed by atoms with Gasteiger partial charge in [-0.3, -0.25) is 0 Å². The molecule has 0 amide bonds. The molecule has 0 saturated carbocycles. The number of nitrogens with one attached hydrogen (secondary N) is 1. The second-order valence-corrected chi connectivity index (χ2v) is 30.9. The van der Waals surface area contributed by atoms with Gasteiger partial charge >= 0.3 is 42.1 Å². The molecule has 0 aliphatic carbocycles. The van der Waals surface area contributed by atoms with Gasteiger partial charge < -0.3 is 17.1 Å². The van der Waals surface area contributed by atoms with Crippen molar-refractivity contribution in [3.8, 4) is 66.8 Å². The van der Waals surface area contributed by atoms with Crippen molar-refractivity contribution in [1.29, 1.82) is 0 Å². The van der Waals surface area contributed by atoms with Crippen LogP contribution in [0.15, 0.2) is 255 Å². The van der Waals surface area contributed by atoms with Gasteiger partial charge in [0.25, 0.3) is 0 Å². The van der Waals surface area contributed by atoms with E-state index in [0.717, 1.165) is 12.8 Å². The van der Waals surface area contributed by atoms with E-state index >= 15 is 0 Å². The Kier molecular flexibility index (Phi) is 26.7. The fraction of sp³-hybridized carbons (Fsp3) is 0.176. The van der Waals surface area contributed by atoms with Crippen molar-refractivity contribution in [3.05, 3.63) is 273 Å². The maximum atomic E-state index is 4.94. The molecule has 0 spiro atoms. The van der Waals surface area contributed by atoms with E-state index in [0.29, 0.717) is 11.1 Å². The van der Waals surface area contributed by atoms with Crippen LogP contribution in [0.25, 0.3) is 66.8 Å². The second kappa shape index (κ2) is 33.5. The fourth-order valence-corrected chi connectivity index (χ4v) is 11.7. The first-order valence-electron chi connectivity index (χ1n) is 29.1. The molecule has 3 heterocycles. The van der Waals surface area contributed by atoms with Crippen LogP contribution in [0.2, 0.25) is 0 Å². The molecule has 1 saturated heterocycles. The van der Waals surface area contributed by atoms with Crippen molar-refractivity contribution in [1.82, 2.24) is 5.32 Å². The number of unbranched alkanes of at least 4 members (excludes halogenated alkanes) is 1. The number of piperidine rings is 1. The maximum absolute atomic E-state index is 4.94. The molecule has 3 aliphatic rings. The van der Waals surface area contributed by atoms with E-state index < -0.39 is 16.3 Å². The molecule has 86 heavy (non-hydrogen) atoms. The molecule has 0 bridgehead atoms. The van der Waals surface area contributed by atoms with Crippen molar-refractivity contribution in [2.75, 3.05) is 4.81 Å². The summed E-state index contributed by atoms with van der Waals surface area (Å²) >= 11 is 12.7. The third-order valence-electron chi connectivity index (χ3n) is 15.3. The van der Waals surface area contributed by atoms with Gasteiger partial charge in [-0.25, -0.2) is 30.1 Å². The molecule has 0 radical (unpaired) electrons. The zero-order valence-electron chi connectivity index (χ0n) is 50.1. The van der Waals surface area contributed by atoms with Crippen molar-refractivity contribution < 1.29 is 18.9 Å². The minimum atomic E-state index is -1.72. The third-order valence-corrected chi connectivity index (χ3v) is 15.3. The summed E-state index contributed by atoms with van der Waals surface area (Å²) in [6, 6.07) is 91.9.